The van der Waals surface area contributed by atoms with Crippen LogP contribution in [0.1, 0.15) is 22.3 Å². The Hall–Kier alpha value is -2.54. The highest BCUT2D eigenvalue weighted by atomic mass is 16.3. The molecule has 3 aromatic carbocycles. The van der Waals surface area contributed by atoms with Crippen molar-refractivity contribution in [1.82, 2.24) is 0 Å². The summed E-state index contributed by atoms with van der Waals surface area (Å²) in [5, 5.41) is 11.1. The zero-order valence-electron chi connectivity index (χ0n) is 14.1. The van der Waals surface area contributed by atoms with Crippen LogP contribution in [0.3, 0.4) is 0 Å². The fourth-order valence-electron chi connectivity index (χ4n) is 3.35. The second-order valence-corrected chi connectivity index (χ2v) is 6.24. The van der Waals surface area contributed by atoms with E-state index in [2.05, 4.69) is 58.0 Å². The molecular weight excluding hydrogens is 280 g/mol. The summed E-state index contributed by atoms with van der Waals surface area (Å²) in [5.41, 5.74) is 8.61. The molecule has 23 heavy (non-hydrogen) atoms. The van der Waals surface area contributed by atoms with Crippen molar-refractivity contribution in [3.8, 4) is 28.0 Å². The van der Waals surface area contributed by atoms with Crippen LogP contribution in [-0.4, -0.2) is 5.11 Å². The molecule has 0 spiro atoms. The molecule has 3 aromatic rings. The molecule has 0 fully saturated rings. The van der Waals surface area contributed by atoms with Gasteiger partial charge in [-0.05, 0) is 61.1 Å². The molecule has 0 aromatic heterocycles. The minimum Gasteiger partial charge on any atom is -0.507 e. The standard InChI is InChI=1S/C22H22O/c1-14-9-5-7-11-18(14)20-16(3)13-17(4)21(22(20)23)19-12-8-6-10-15(19)2/h5-13,23H,1-4H3. The van der Waals surface area contributed by atoms with Crippen LogP contribution < -0.4 is 0 Å². The molecule has 0 aliphatic carbocycles. The van der Waals surface area contributed by atoms with Gasteiger partial charge in [0.25, 0.3) is 0 Å². The van der Waals surface area contributed by atoms with Crippen molar-refractivity contribution in [3.05, 3.63) is 76.9 Å². The van der Waals surface area contributed by atoms with Crippen molar-refractivity contribution >= 4 is 0 Å². The molecule has 0 aliphatic rings. The lowest BCUT2D eigenvalue weighted by molar-refractivity contribution is 0.478. The summed E-state index contributed by atoms with van der Waals surface area (Å²) in [7, 11) is 0. The van der Waals surface area contributed by atoms with Crippen LogP contribution in [0.25, 0.3) is 22.3 Å². The van der Waals surface area contributed by atoms with E-state index in [1.54, 1.807) is 0 Å². The Kier molecular flexibility index (Phi) is 3.96. The van der Waals surface area contributed by atoms with E-state index in [-0.39, 0.29) is 0 Å². The lowest BCUT2D eigenvalue weighted by atomic mass is 9.87. The summed E-state index contributed by atoms with van der Waals surface area (Å²) in [4.78, 5) is 0. The second kappa shape index (κ2) is 5.92. The van der Waals surface area contributed by atoms with Gasteiger partial charge in [-0.1, -0.05) is 54.6 Å². The van der Waals surface area contributed by atoms with Gasteiger partial charge < -0.3 is 5.11 Å². The molecular formula is C22H22O. The maximum atomic E-state index is 11.1. The molecule has 116 valence electrons. The molecule has 0 radical (unpaired) electrons. The van der Waals surface area contributed by atoms with Gasteiger partial charge in [0.2, 0.25) is 0 Å². The van der Waals surface area contributed by atoms with Crippen LogP contribution in [0, 0.1) is 27.7 Å². The smallest absolute Gasteiger partial charge is 0.131 e. The monoisotopic (exact) mass is 302 g/mol. The van der Waals surface area contributed by atoms with E-state index in [1.807, 2.05) is 24.3 Å². The average Bonchev–Trinajstić information content (AvgIpc) is 2.50. The topological polar surface area (TPSA) is 20.2 Å². The van der Waals surface area contributed by atoms with Gasteiger partial charge in [0, 0.05) is 11.1 Å². The number of phenolic OH excluding ortho intramolecular Hbond substituents is 1. The number of aromatic hydroxyl groups is 1. The fraction of sp³-hybridized carbons (Fsp3) is 0.182. The number of hydrogen-bond acceptors (Lipinski definition) is 1. The van der Waals surface area contributed by atoms with Gasteiger partial charge in [-0.15, -0.1) is 0 Å². The first kappa shape index (κ1) is 15.4. The number of hydrogen-bond donors (Lipinski definition) is 1. The lowest BCUT2D eigenvalue weighted by Gasteiger charge is -2.18. The molecule has 0 heterocycles. The van der Waals surface area contributed by atoms with Gasteiger partial charge in [-0.2, -0.15) is 0 Å². The van der Waals surface area contributed by atoms with Crippen LogP contribution in [0.5, 0.6) is 5.75 Å². The molecule has 3 rings (SSSR count). The van der Waals surface area contributed by atoms with Gasteiger partial charge in [0.1, 0.15) is 5.75 Å². The Balaban J connectivity index is 2.35. The summed E-state index contributed by atoms with van der Waals surface area (Å²) in [6, 6.07) is 18.6. The molecule has 0 aliphatic heterocycles. The van der Waals surface area contributed by atoms with E-state index < -0.39 is 0 Å². The third-order valence-electron chi connectivity index (χ3n) is 4.52. The van der Waals surface area contributed by atoms with Gasteiger partial charge in [-0.3, -0.25) is 0 Å². The first-order valence-corrected chi connectivity index (χ1v) is 7.96. The minimum atomic E-state index is 0.381. The quantitative estimate of drug-likeness (QED) is 0.619. The number of benzene rings is 3. The van der Waals surface area contributed by atoms with Crippen molar-refractivity contribution in [1.29, 1.82) is 0 Å². The van der Waals surface area contributed by atoms with Crippen LogP contribution in [0.15, 0.2) is 54.6 Å². The minimum absolute atomic E-state index is 0.381. The highest BCUT2D eigenvalue weighted by Crippen LogP contribution is 2.44. The van der Waals surface area contributed by atoms with Gasteiger partial charge in [0.05, 0.1) is 0 Å². The Morgan fingerprint density at radius 3 is 1.35 bits per heavy atom. The number of aryl methyl sites for hydroxylation is 4. The number of rotatable bonds is 2. The van der Waals surface area contributed by atoms with Gasteiger partial charge >= 0.3 is 0 Å². The highest BCUT2D eigenvalue weighted by molar-refractivity contribution is 5.87. The van der Waals surface area contributed by atoms with E-state index in [4.69, 9.17) is 0 Å². The predicted octanol–water partition coefficient (Wildman–Crippen LogP) is 5.96. The van der Waals surface area contributed by atoms with Crippen molar-refractivity contribution in [3.63, 3.8) is 0 Å². The Morgan fingerprint density at radius 1 is 0.565 bits per heavy atom. The van der Waals surface area contributed by atoms with Crippen molar-refractivity contribution in [2.24, 2.45) is 0 Å². The zero-order chi connectivity index (χ0) is 16.6. The molecule has 0 saturated carbocycles. The third kappa shape index (κ3) is 2.63. The van der Waals surface area contributed by atoms with E-state index in [1.165, 1.54) is 11.1 Å². The van der Waals surface area contributed by atoms with Gasteiger partial charge in [-0.25, -0.2) is 0 Å². The van der Waals surface area contributed by atoms with Crippen molar-refractivity contribution in [2.45, 2.75) is 27.7 Å². The average molecular weight is 302 g/mol. The Morgan fingerprint density at radius 2 is 0.957 bits per heavy atom. The summed E-state index contributed by atoms with van der Waals surface area (Å²) in [5.74, 6) is 0.381. The largest absolute Gasteiger partial charge is 0.507 e. The summed E-state index contributed by atoms with van der Waals surface area (Å²) < 4.78 is 0. The van der Waals surface area contributed by atoms with Crippen molar-refractivity contribution in [2.75, 3.05) is 0 Å². The molecule has 1 N–H and O–H groups in total. The molecule has 0 bridgehead atoms. The Bertz CT molecular complexity index is 805. The normalized spacial score (nSPS) is 10.8. The van der Waals surface area contributed by atoms with Crippen molar-refractivity contribution < 1.29 is 5.11 Å². The van der Waals surface area contributed by atoms with E-state index in [9.17, 15) is 5.11 Å². The molecule has 0 unspecified atom stereocenters. The van der Waals surface area contributed by atoms with Crippen LogP contribution in [0.4, 0.5) is 0 Å². The maximum absolute atomic E-state index is 11.1. The number of phenols is 1. The summed E-state index contributed by atoms with van der Waals surface area (Å²) >= 11 is 0. The second-order valence-electron chi connectivity index (χ2n) is 6.24. The lowest BCUT2D eigenvalue weighted by Crippen LogP contribution is -1.94. The molecule has 0 amide bonds. The van der Waals surface area contributed by atoms with E-state index in [0.717, 1.165) is 33.4 Å². The predicted molar refractivity (Wildman–Crippen MR) is 97.9 cm³/mol. The summed E-state index contributed by atoms with van der Waals surface area (Å²) in [6.45, 7) is 8.30. The molecule has 1 nitrogen and oxygen atoms in total. The highest BCUT2D eigenvalue weighted by Gasteiger charge is 2.18. The van der Waals surface area contributed by atoms with Crippen LogP contribution in [0.2, 0.25) is 0 Å². The maximum Gasteiger partial charge on any atom is 0.131 e. The third-order valence-corrected chi connectivity index (χ3v) is 4.52. The molecule has 0 atom stereocenters. The van der Waals surface area contributed by atoms with E-state index in [0.29, 0.717) is 5.75 Å². The fourth-order valence-corrected chi connectivity index (χ4v) is 3.35. The zero-order valence-corrected chi connectivity index (χ0v) is 14.1. The molecule has 1 heteroatoms. The first-order valence-electron chi connectivity index (χ1n) is 7.96. The molecule has 0 saturated heterocycles. The summed E-state index contributed by atoms with van der Waals surface area (Å²) in [6.07, 6.45) is 0. The van der Waals surface area contributed by atoms with Gasteiger partial charge in [0.15, 0.2) is 0 Å². The van der Waals surface area contributed by atoms with Crippen LogP contribution >= 0.6 is 0 Å². The van der Waals surface area contributed by atoms with E-state index >= 15 is 0 Å². The Labute approximate surface area is 138 Å². The SMILES string of the molecule is Cc1ccccc1-c1c(C)cc(C)c(-c2ccccc2C)c1O. The first-order chi connectivity index (χ1) is 11.0. The van der Waals surface area contributed by atoms with Crippen LogP contribution in [-0.2, 0) is 0 Å².